The maximum absolute atomic E-state index is 12.7. The first kappa shape index (κ1) is 12.7. The highest BCUT2D eigenvalue weighted by molar-refractivity contribution is 5.97. The van der Waals surface area contributed by atoms with Gasteiger partial charge >= 0.3 is 0 Å². The lowest BCUT2D eigenvalue weighted by molar-refractivity contribution is 0.00241. The summed E-state index contributed by atoms with van der Waals surface area (Å²) in [7, 11) is 0. The number of hydrogen-bond donors (Lipinski definition) is 0. The molecule has 1 aromatic carbocycles. The number of nitriles is 1. The Morgan fingerprint density at radius 2 is 2.22 bits per heavy atom. The van der Waals surface area contributed by atoms with E-state index >= 15 is 0 Å². The summed E-state index contributed by atoms with van der Waals surface area (Å²) in [5.41, 5.74) is 0.483. The number of benzene rings is 1. The molecule has 0 amide bonds. The van der Waals surface area contributed by atoms with Crippen molar-refractivity contribution in [2.45, 2.75) is 6.10 Å². The Kier molecular flexibility index (Phi) is 4.03. The van der Waals surface area contributed by atoms with E-state index in [1.807, 2.05) is 11.0 Å². The van der Waals surface area contributed by atoms with E-state index in [0.717, 1.165) is 0 Å². The van der Waals surface area contributed by atoms with E-state index in [1.165, 1.54) is 24.3 Å². The highest BCUT2D eigenvalue weighted by Gasteiger charge is 2.22. The maximum atomic E-state index is 12.7. The van der Waals surface area contributed by atoms with E-state index < -0.39 is 6.10 Å². The number of Topliss-reactive ketones (excluding diaryl/α,β-unsaturated/α-hetero) is 1. The zero-order chi connectivity index (χ0) is 13.0. The van der Waals surface area contributed by atoms with Crippen molar-refractivity contribution in [2.24, 2.45) is 0 Å². The highest BCUT2D eigenvalue weighted by Crippen LogP contribution is 2.08. The van der Waals surface area contributed by atoms with Crippen LogP contribution >= 0.6 is 0 Å². The predicted octanol–water partition coefficient (Wildman–Crippen LogP) is 1.23. The molecule has 1 fully saturated rings. The number of rotatable bonds is 3. The lowest BCUT2D eigenvalue weighted by Crippen LogP contribution is -2.44. The van der Waals surface area contributed by atoms with E-state index in [1.54, 1.807) is 0 Å². The van der Waals surface area contributed by atoms with Gasteiger partial charge in [-0.15, -0.1) is 0 Å². The minimum absolute atomic E-state index is 0.0754. The molecule has 0 spiro atoms. The van der Waals surface area contributed by atoms with Crippen LogP contribution in [-0.2, 0) is 4.74 Å². The summed E-state index contributed by atoms with van der Waals surface area (Å²) >= 11 is 0. The molecule has 18 heavy (non-hydrogen) atoms. The number of carbonyl (C=O) groups is 1. The topological polar surface area (TPSA) is 53.3 Å². The molecule has 94 valence electrons. The van der Waals surface area contributed by atoms with Crippen LogP contribution in [-0.4, -0.2) is 43.0 Å². The van der Waals surface area contributed by atoms with Gasteiger partial charge in [-0.25, -0.2) is 4.39 Å². The number of halogens is 1. The zero-order valence-electron chi connectivity index (χ0n) is 9.80. The van der Waals surface area contributed by atoms with Crippen molar-refractivity contribution < 1.29 is 13.9 Å². The standard InChI is InChI=1S/C13H13FN2O2/c14-11-3-1-10(2-4-11)13(17)9-16-5-6-18-12(7-15)8-16/h1-4,12H,5-6,8-9H2. The van der Waals surface area contributed by atoms with E-state index in [2.05, 4.69) is 0 Å². The second-order valence-corrected chi connectivity index (χ2v) is 4.15. The van der Waals surface area contributed by atoms with Crippen LogP contribution in [0.25, 0.3) is 0 Å². The van der Waals surface area contributed by atoms with Crippen LogP contribution in [0.2, 0.25) is 0 Å². The minimum Gasteiger partial charge on any atom is -0.361 e. The van der Waals surface area contributed by atoms with Crippen LogP contribution in [0.5, 0.6) is 0 Å². The highest BCUT2D eigenvalue weighted by atomic mass is 19.1. The van der Waals surface area contributed by atoms with Crippen molar-refractivity contribution >= 4 is 5.78 Å². The number of carbonyl (C=O) groups excluding carboxylic acids is 1. The summed E-state index contributed by atoms with van der Waals surface area (Å²) in [6.45, 7) is 1.75. The Balaban J connectivity index is 1.95. The lowest BCUT2D eigenvalue weighted by atomic mass is 10.1. The first-order valence-electron chi connectivity index (χ1n) is 5.71. The van der Waals surface area contributed by atoms with Crippen molar-refractivity contribution in [3.63, 3.8) is 0 Å². The largest absolute Gasteiger partial charge is 0.361 e. The normalized spacial score (nSPS) is 20.3. The van der Waals surface area contributed by atoms with Crippen molar-refractivity contribution in [3.05, 3.63) is 35.6 Å². The molecule has 1 unspecified atom stereocenters. The molecule has 0 radical (unpaired) electrons. The average Bonchev–Trinajstić information content (AvgIpc) is 2.39. The number of hydrogen-bond acceptors (Lipinski definition) is 4. The summed E-state index contributed by atoms with van der Waals surface area (Å²) in [5, 5.41) is 8.76. The molecule has 2 rings (SSSR count). The molecule has 1 atom stereocenters. The van der Waals surface area contributed by atoms with E-state index in [-0.39, 0.29) is 18.1 Å². The smallest absolute Gasteiger partial charge is 0.176 e. The Morgan fingerprint density at radius 3 is 2.89 bits per heavy atom. The molecule has 0 aliphatic carbocycles. The molecule has 0 aromatic heterocycles. The number of ether oxygens (including phenoxy) is 1. The summed E-state index contributed by atoms with van der Waals surface area (Å²) in [6.07, 6.45) is -0.472. The van der Waals surface area contributed by atoms with Crippen molar-refractivity contribution in [2.75, 3.05) is 26.2 Å². The Labute approximate surface area is 105 Å². The molecule has 1 saturated heterocycles. The number of ketones is 1. The molecule has 1 heterocycles. The monoisotopic (exact) mass is 248 g/mol. The van der Waals surface area contributed by atoms with E-state index in [0.29, 0.717) is 25.3 Å². The summed E-state index contributed by atoms with van der Waals surface area (Å²) in [4.78, 5) is 13.8. The molecule has 0 saturated carbocycles. The van der Waals surface area contributed by atoms with Gasteiger partial charge in [0.05, 0.1) is 19.2 Å². The van der Waals surface area contributed by atoms with Crippen molar-refractivity contribution in [1.82, 2.24) is 4.90 Å². The van der Waals surface area contributed by atoms with Gasteiger partial charge in [0, 0.05) is 18.7 Å². The first-order chi connectivity index (χ1) is 8.69. The fourth-order valence-electron chi connectivity index (χ4n) is 1.85. The van der Waals surface area contributed by atoms with Gasteiger partial charge in [-0.1, -0.05) is 0 Å². The Morgan fingerprint density at radius 1 is 1.50 bits per heavy atom. The number of morpholine rings is 1. The van der Waals surface area contributed by atoms with E-state index in [4.69, 9.17) is 10.00 Å². The third-order valence-electron chi connectivity index (χ3n) is 2.83. The van der Waals surface area contributed by atoms with Crippen LogP contribution in [0.4, 0.5) is 4.39 Å². The molecule has 1 aromatic rings. The SMILES string of the molecule is N#CC1CN(CC(=O)c2ccc(F)cc2)CCO1. The fourth-order valence-corrected chi connectivity index (χ4v) is 1.85. The summed E-state index contributed by atoms with van der Waals surface area (Å²) in [6, 6.07) is 7.51. The van der Waals surface area contributed by atoms with Crippen molar-refractivity contribution in [3.8, 4) is 6.07 Å². The van der Waals surface area contributed by atoms with Gasteiger partial charge in [0.2, 0.25) is 0 Å². The zero-order valence-corrected chi connectivity index (χ0v) is 9.80. The van der Waals surface area contributed by atoms with Crippen LogP contribution in [0.1, 0.15) is 10.4 Å². The number of nitrogens with zero attached hydrogens (tertiary/aromatic N) is 2. The lowest BCUT2D eigenvalue weighted by Gasteiger charge is -2.28. The van der Waals surface area contributed by atoms with Gasteiger partial charge in [-0.2, -0.15) is 5.26 Å². The fraction of sp³-hybridized carbons (Fsp3) is 0.385. The average molecular weight is 248 g/mol. The van der Waals surface area contributed by atoms with Crippen LogP contribution < -0.4 is 0 Å². The van der Waals surface area contributed by atoms with Gasteiger partial charge in [0.15, 0.2) is 11.9 Å². The third kappa shape index (κ3) is 3.13. The third-order valence-corrected chi connectivity index (χ3v) is 2.83. The van der Waals surface area contributed by atoms with Gasteiger partial charge in [-0.05, 0) is 24.3 Å². The van der Waals surface area contributed by atoms with Crippen LogP contribution in [0.3, 0.4) is 0 Å². The van der Waals surface area contributed by atoms with E-state index in [9.17, 15) is 9.18 Å². The summed E-state index contributed by atoms with van der Waals surface area (Å²) < 4.78 is 17.9. The Bertz CT molecular complexity index is 467. The molecule has 4 nitrogen and oxygen atoms in total. The van der Waals surface area contributed by atoms with Gasteiger partial charge in [0.1, 0.15) is 5.82 Å². The predicted molar refractivity (Wildman–Crippen MR) is 62.5 cm³/mol. The van der Waals surface area contributed by atoms with Crippen molar-refractivity contribution in [1.29, 1.82) is 5.26 Å². The molecule has 0 bridgehead atoms. The molecule has 1 aliphatic heterocycles. The van der Waals surface area contributed by atoms with Gasteiger partial charge in [-0.3, -0.25) is 9.69 Å². The first-order valence-corrected chi connectivity index (χ1v) is 5.71. The molecular formula is C13H13FN2O2. The maximum Gasteiger partial charge on any atom is 0.176 e. The van der Waals surface area contributed by atoms with Crippen LogP contribution in [0.15, 0.2) is 24.3 Å². The minimum atomic E-state index is -0.472. The second kappa shape index (κ2) is 5.71. The van der Waals surface area contributed by atoms with Gasteiger partial charge < -0.3 is 4.74 Å². The second-order valence-electron chi connectivity index (χ2n) is 4.15. The van der Waals surface area contributed by atoms with Gasteiger partial charge in [0.25, 0.3) is 0 Å². The Hall–Kier alpha value is -1.77. The van der Waals surface area contributed by atoms with Crippen LogP contribution in [0, 0.1) is 17.1 Å². The summed E-state index contributed by atoms with van der Waals surface area (Å²) in [5.74, 6) is -0.434. The molecule has 5 heteroatoms. The molecule has 1 aliphatic rings. The molecule has 0 N–H and O–H groups in total. The quantitative estimate of drug-likeness (QED) is 0.755. The molecular weight excluding hydrogens is 235 g/mol.